The molecule has 1 fully saturated rings. The Hall–Kier alpha value is -0.980. The van der Waals surface area contributed by atoms with Gasteiger partial charge in [0.05, 0.1) is 5.69 Å². The maximum absolute atomic E-state index is 11.3. The van der Waals surface area contributed by atoms with Crippen molar-refractivity contribution in [3.63, 3.8) is 0 Å². The Morgan fingerprint density at radius 3 is 2.76 bits per heavy atom. The molecule has 94 valence electrons. The number of hydrazine groups is 1. The summed E-state index contributed by atoms with van der Waals surface area (Å²) in [5.41, 5.74) is 3.07. The highest BCUT2D eigenvalue weighted by molar-refractivity contribution is 7.11. The molecule has 0 bridgehead atoms. The van der Waals surface area contributed by atoms with Gasteiger partial charge >= 0.3 is 0 Å². The van der Waals surface area contributed by atoms with Crippen molar-refractivity contribution in [1.29, 1.82) is 0 Å². The predicted molar refractivity (Wildman–Crippen MR) is 67.5 cm³/mol. The number of amides is 1. The van der Waals surface area contributed by atoms with Crippen molar-refractivity contribution < 1.29 is 4.79 Å². The van der Waals surface area contributed by atoms with Gasteiger partial charge in [-0.3, -0.25) is 15.1 Å². The van der Waals surface area contributed by atoms with E-state index in [1.165, 1.54) is 37.0 Å². The van der Waals surface area contributed by atoms with E-state index < -0.39 is 0 Å². The minimum absolute atomic E-state index is 0.308. The number of carbonyl (C=O) groups is 1. The van der Waals surface area contributed by atoms with Crippen molar-refractivity contribution in [2.45, 2.75) is 32.2 Å². The average Bonchev–Trinajstić information content (AvgIpc) is 2.65. The second kappa shape index (κ2) is 6.09. The van der Waals surface area contributed by atoms with Crippen LogP contribution in [0, 0.1) is 0 Å². The van der Waals surface area contributed by atoms with Gasteiger partial charge < -0.3 is 0 Å². The minimum Gasteiger partial charge on any atom is -0.297 e. The minimum atomic E-state index is -0.308. The second-order valence-electron chi connectivity index (χ2n) is 4.31. The van der Waals surface area contributed by atoms with Gasteiger partial charge in [0.15, 0.2) is 5.01 Å². The summed E-state index contributed by atoms with van der Waals surface area (Å²) in [5.74, 6) is 4.77. The topological polar surface area (TPSA) is 71.2 Å². The Kier molecular flexibility index (Phi) is 4.47. The number of hydrogen-bond acceptors (Lipinski definition) is 5. The third-order valence-electron chi connectivity index (χ3n) is 2.96. The van der Waals surface area contributed by atoms with Gasteiger partial charge in [0.2, 0.25) is 0 Å². The Morgan fingerprint density at radius 1 is 1.41 bits per heavy atom. The lowest BCUT2D eigenvalue weighted by Gasteiger charge is -2.17. The van der Waals surface area contributed by atoms with E-state index in [0.717, 1.165) is 25.3 Å². The maximum Gasteiger partial charge on any atom is 0.294 e. The van der Waals surface area contributed by atoms with Gasteiger partial charge in [0.25, 0.3) is 5.91 Å². The first kappa shape index (κ1) is 12.5. The molecule has 5 nitrogen and oxygen atoms in total. The molecular formula is C11H18N4OS. The zero-order valence-corrected chi connectivity index (χ0v) is 10.6. The van der Waals surface area contributed by atoms with Crippen LogP contribution in [0.15, 0.2) is 5.38 Å². The van der Waals surface area contributed by atoms with Crippen LogP contribution >= 0.6 is 11.3 Å². The first-order valence-electron chi connectivity index (χ1n) is 5.97. The summed E-state index contributed by atoms with van der Waals surface area (Å²) in [4.78, 5) is 18.0. The summed E-state index contributed by atoms with van der Waals surface area (Å²) in [6.07, 6.45) is 5.18. The second-order valence-corrected chi connectivity index (χ2v) is 5.17. The SMILES string of the molecule is NNC(=O)c1nc(CN2CCCCCC2)cs1. The number of nitrogens with two attached hydrogens (primary N) is 1. The van der Waals surface area contributed by atoms with Gasteiger partial charge in [-0.2, -0.15) is 0 Å². The lowest BCUT2D eigenvalue weighted by atomic mass is 10.2. The van der Waals surface area contributed by atoms with Gasteiger partial charge in [-0.15, -0.1) is 11.3 Å². The largest absolute Gasteiger partial charge is 0.297 e. The first-order valence-corrected chi connectivity index (χ1v) is 6.85. The van der Waals surface area contributed by atoms with E-state index in [1.807, 2.05) is 5.38 Å². The maximum atomic E-state index is 11.3. The normalized spacial score (nSPS) is 17.7. The smallest absolute Gasteiger partial charge is 0.294 e. The summed E-state index contributed by atoms with van der Waals surface area (Å²) < 4.78 is 0. The van der Waals surface area contributed by atoms with Gasteiger partial charge in [0, 0.05) is 11.9 Å². The van der Waals surface area contributed by atoms with Crippen molar-refractivity contribution in [1.82, 2.24) is 15.3 Å². The van der Waals surface area contributed by atoms with E-state index in [1.54, 1.807) is 0 Å². The van der Waals surface area contributed by atoms with E-state index >= 15 is 0 Å². The molecule has 0 atom stereocenters. The molecule has 1 aliphatic heterocycles. The zero-order chi connectivity index (χ0) is 12.1. The Balaban J connectivity index is 1.93. The number of aromatic nitrogens is 1. The molecule has 2 rings (SSSR count). The average molecular weight is 254 g/mol. The van der Waals surface area contributed by atoms with Crippen LogP contribution in [0.5, 0.6) is 0 Å². The number of nitrogen functional groups attached to an aromatic ring is 1. The summed E-state index contributed by atoms with van der Waals surface area (Å²) >= 11 is 1.35. The molecular weight excluding hydrogens is 236 g/mol. The lowest BCUT2D eigenvalue weighted by molar-refractivity contribution is 0.0953. The summed E-state index contributed by atoms with van der Waals surface area (Å²) in [6, 6.07) is 0. The summed E-state index contributed by atoms with van der Waals surface area (Å²) in [6.45, 7) is 3.11. The number of nitrogens with one attached hydrogen (secondary N) is 1. The number of likely N-dealkylation sites (tertiary alicyclic amines) is 1. The Labute approximate surface area is 105 Å². The summed E-state index contributed by atoms with van der Waals surface area (Å²) in [7, 11) is 0. The van der Waals surface area contributed by atoms with Crippen LogP contribution in [0.25, 0.3) is 0 Å². The quantitative estimate of drug-likeness (QED) is 0.482. The van der Waals surface area contributed by atoms with Crippen LogP contribution in [-0.4, -0.2) is 28.9 Å². The number of hydrogen-bond donors (Lipinski definition) is 2. The first-order chi connectivity index (χ1) is 8.29. The fourth-order valence-corrected chi connectivity index (χ4v) is 2.78. The molecule has 1 aromatic rings. The summed E-state index contributed by atoms with van der Waals surface area (Å²) in [5, 5.41) is 2.38. The number of carbonyl (C=O) groups excluding carboxylic acids is 1. The van der Waals surface area contributed by atoms with E-state index in [2.05, 4.69) is 15.3 Å². The van der Waals surface area contributed by atoms with Crippen LogP contribution in [0.4, 0.5) is 0 Å². The number of rotatable bonds is 3. The molecule has 0 aromatic carbocycles. The number of thiazole rings is 1. The fraction of sp³-hybridized carbons (Fsp3) is 0.636. The molecule has 0 spiro atoms. The molecule has 3 N–H and O–H groups in total. The van der Waals surface area contributed by atoms with Crippen LogP contribution in [0.1, 0.15) is 41.2 Å². The molecule has 17 heavy (non-hydrogen) atoms. The lowest BCUT2D eigenvalue weighted by Crippen LogP contribution is -2.30. The van der Waals surface area contributed by atoms with Crippen molar-refractivity contribution in [2.24, 2.45) is 5.84 Å². The molecule has 1 aromatic heterocycles. The third kappa shape index (κ3) is 3.49. The van der Waals surface area contributed by atoms with Crippen molar-refractivity contribution in [3.05, 3.63) is 16.1 Å². The monoisotopic (exact) mass is 254 g/mol. The molecule has 1 aliphatic rings. The van der Waals surface area contributed by atoms with Crippen LogP contribution in [0.2, 0.25) is 0 Å². The van der Waals surface area contributed by atoms with E-state index in [4.69, 9.17) is 5.84 Å². The molecule has 1 saturated heterocycles. The predicted octanol–water partition coefficient (Wildman–Crippen LogP) is 1.12. The molecule has 0 unspecified atom stereocenters. The van der Waals surface area contributed by atoms with Crippen LogP contribution < -0.4 is 11.3 Å². The standard InChI is InChI=1S/C11H18N4OS/c12-14-10(16)11-13-9(8-17-11)7-15-5-3-1-2-4-6-15/h8H,1-7,12H2,(H,14,16). The molecule has 0 saturated carbocycles. The van der Waals surface area contributed by atoms with Gasteiger partial charge in [-0.25, -0.2) is 10.8 Å². The van der Waals surface area contributed by atoms with Crippen molar-refractivity contribution in [3.8, 4) is 0 Å². The van der Waals surface area contributed by atoms with Gasteiger partial charge in [-0.1, -0.05) is 12.8 Å². The molecule has 6 heteroatoms. The Bertz CT molecular complexity index is 371. The highest BCUT2D eigenvalue weighted by Crippen LogP contribution is 2.15. The highest BCUT2D eigenvalue weighted by atomic mass is 32.1. The zero-order valence-electron chi connectivity index (χ0n) is 9.82. The highest BCUT2D eigenvalue weighted by Gasteiger charge is 2.13. The number of nitrogens with zero attached hydrogens (tertiary/aromatic N) is 2. The molecule has 1 amide bonds. The molecule has 0 aliphatic carbocycles. The van der Waals surface area contributed by atoms with E-state index in [-0.39, 0.29) is 5.91 Å². The van der Waals surface area contributed by atoms with E-state index in [9.17, 15) is 4.79 Å². The fourth-order valence-electron chi connectivity index (χ4n) is 2.07. The molecule has 0 radical (unpaired) electrons. The van der Waals surface area contributed by atoms with Gasteiger partial charge in [0.1, 0.15) is 0 Å². The van der Waals surface area contributed by atoms with Crippen LogP contribution in [0.3, 0.4) is 0 Å². The Morgan fingerprint density at radius 2 is 2.12 bits per heavy atom. The van der Waals surface area contributed by atoms with Crippen molar-refractivity contribution >= 4 is 17.2 Å². The van der Waals surface area contributed by atoms with Gasteiger partial charge in [-0.05, 0) is 25.9 Å². The van der Waals surface area contributed by atoms with E-state index in [0.29, 0.717) is 5.01 Å². The van der Waals surface area contributed by atoms with Crippen molar-refractivity contribution in [2.75, 3.05) is 13.1 Å². The third-order valence-corrected chi connectivity index (χ3v) is 3.85. The van der Waals surface area contributed by atoms with Crippen LogP contribution in [-0.2, 0) is 6.54 Å². The molecule has 2 heterocycles.